The number of aliphatic hydroxyl groups excluding tert-OH is 1. The number of carbonyl (C=O) groups is 1. The third-order valence-electron chi connectivity index (χ3n) is 3.91. The van der Waals surface area contributed by atoms with Gasteiger partial charge in [-0.1, -0.05) is 13.8 Å². The van der Waals surface area contributed by atoms with Crippen molar-refractivity contribution in [2.24, 2.45) is 5.92 Å². The summed E-state index contributed by atoms with van der Waals surface area (Å²) in [5.74, 6) is 0.124. The van der Waals surface area contributed by atoms with E-state index in [4.69, 9.17) is 0 Å². The first-order valence-electron chi connectivity index (χ1n) is 6.25. The highest BCUT2D eigenvalue weighted by Gasteiger charge is 2.34. The zero-order chi connectivity index (χ0) is 12.2. The number of hydrogen-bond acceptors (Lipinski definition) is 3. The van der Waals surface area contributed by atoms with Crippen molar-refractivity contribution >= 4 is 5.91 Å². The van der Waals surface area contributed by atoms with Crippen LogP contribution in [0.1, 0.15) is 40.0 Å². The standard InChI is InChI=1S/C12H24N2O2/c1-4-12(5-2,8-15)14-11(16)10-6-7-13-9(10)3/h9-10,13,15H,4-8H2,1-3H3,(H,14,16). The summed E-state index contributed by atoms with van der Waals surface area (Å²) in [5, 5.41) is 15.7. The van der Waals surface area contributed by atoms with Crippen molar-refractivity contribution in [1.29, 1.82) is 0 Å². The van der Waals surface area contributed by atoms with Gasteiger partial charge in [0.25, 0.3) is 0 Å². The number of nitrogens with one attached hydrogen (secondary N) is 2. The Kier molecular flexibility index (Phi) is 4.74. The summed E-state index contributed by atoms with van der Waals surface area (Å²) in [6, 6.07) is 0.241. The second kappa shape index (κ2) is 5.64. The lowest BCUT2D eigenvalue weighted by Crippen LogP contribution is -2.53. The van der Waals surface area contributed by atoms with Crippen LogP contribution in [0.25, 0.3) is 0 Å². The van der Waals surface area contributed by atoms with Gasteiger partial charge < -0.3 is 15.7 Å². The fourth-order valence-electron chi connectivity index (χ4n) is 2.26. The van der Waals surface area contributed by atoms with Gasteiger partial charge in [0.1, 0.15) is 0 Å². The maximum Gasteiger partial charge on any atom is 0.225 e. The van der Waals surface area contributed by atoms with E-state index in [1.165, 1.54) is 0 Å². The van der Waals surface area contributed by atoms with E-state index in [0.717, 1.165) is 25.8 Å². The van der Waals surface area contributed by atoms with Crippen molar-refractivity contribution in [3.8, 4) is 0 Å². The lowest BCUT2D eigenvalue weighted by Gasteiger charge is -2.32. The van der Waals surface area contributed by atoms with Crippen molar-refractivity contribution in [2.45, 2.75) is 51.6 Å². The monoisotopic (exact) mass is 228 g/mol. The quantitative estimate of drug-likeness (QED) is 0.647. The molecule has 0 aromatic heterocycles. The molecule has 4 heteroatoms. The molecule has 1 aliphatic heterocycles. The molecule has 0 spiro atoms. The van der Waals surface area contributed by atoms with Gasteiger partial charge in [-0.25, -0.2) is 0 Å². The smallest absolute Gasteiger partial charge is 0.225 e. The lowest BCUT2D eigenvalue weighted by molar-refractivity contribution is -0.127. The number of amides is 1. The maximum absolute atomic E-state index is 12.1. The molecular formula is C12H24N2O2. The van der Waals surface area contributed by atoms with Gasteiger partial charge in [-0.2, -0.15) is 0 Å². The summed E-state index contributed by atoms with van der Waals surface area (Å²) in [6.45, 7) is 6.95. The van der Waals surface area contributed by atoms with Gasteiger partial charge in [-0.15, -0.1) is 0 Å². The van der Waals surface area contributed by atoms with Gasteiger partial charge in [-0.05, 0) is 32.7 Å². The summed E-state index contributed by atoms with van der Waals surface area (Å²) < 4.78 is 0. The Morgan fingerprint density at radius 3 is 2.50 bits per heavy atom. The van der Waals surface area contributed by atoms with Crippen LogP contribution in [0.3, 0.4) is 0 Å². The first-order chi connectivity index (χ1) is 7.58. The zero-order valence-electron chi connectivity index (χ0n) is 10.5. The Morgan fingerprint density at radius 2 is 2.12 bits per heavy atom. The van der Waals surface area contributed by atoms with E-state index < -0.39 is 5.54 Å². The summed E-state index contributed by atoms with van der Waals surface area (Å²) in [6.07, 6.45) is 2.42. The maximum atomic E-state index is 12.1. The molecule has 1 aliphatic rings. The van der Waals surface area contributed by atoms with Crippen LogP contribution in [0, 0.1) is 5.92 Å². The van der Waals surface area contributed by atoms with Crippen LogP contribution in [-0.2, 0) is 4.79 Å². The van der Waals surface area contributed by atoms with Gasteiger partial charge in [0.05, 0.1) is 18.1 Å². The summed E-state index contributed by atoms with van der Waals surface area (Å²) in [7, 11) is 0. The normalized spacial score (nSPS) is 25.8. The van der Waals surface area contributed by atoms with E-state index in [2.05, 4.69) is 10.6 Å². The molecule has 1 fully saturated rings. The number of hydrogen-bond donors (Lipinski definition) is 3. The third kappa shape index (κ3) is 2.74. The average molecular weight is 228 g/mol. The summed E-state index contributed by atoms with van der Waals surface area (Å²) in [5.41, 5.74) is -0.431. The van der Waals surface area contributed by atoms with Gasteiger partial charge in [0.2, 0.25) is 5.91 Å². The Morgan fingerprint density at radius 1 is 1.50 bits per heavy atom. The van der Waals surface area contributed by atoms with E-state index in [1.54, 1.807) is 0 Å². The highest BCUT2D eigenvalue weighted by molar-refractivity contribution is 5.80. The highest BCUT2D eigenvalue weighted by atomic mass is 16.3. The molecule has 16 heavy (non-hydrogen) atoms. The van der Waals surface area contributed by atoms with Crippen molar-refractivity contribution in [3.05, 3.63) is 0 Å². The second-order valence-electron chi connectivity index (χ2n) is 4.77. The molecule has 0 radical (unpaired) electrons. The molecule has 2 atom stereocenters. The molecule has 2 unspecified atom stereocenters. The molecule has 1 amide bonds. The van der Waals surface area contributed by atoms with Crippen molar-refractivity contribution in [2.75, 3.05) is 13.2 Å². The predicted molar refractivity (Wildman–Crippen MR) is 64.1 cm³/mol. The second-order valence-corrected chi connectivity index (χ2v) is 4.77. The van der Waals surface area contributed by atoms with Crippen LogP contribution in [-0.4, -0.2) is 35.7 Å². The Bertz CT molecular complexity index is 231. The van der Waals surface area contributed by atoms with Crippen molar-refractivity contribution < 1.29 is 9.90 Å². The Balaban J connectivity index is 2.61. The molecule has 0 aliphatic carbocycles. The molecule has 0 aromatic rings. The van der Waals surface area contributed by atoms with Crippen LogP contribution < -0.4 is 10.6 Å². The fraction of sp³-hybridized carbons (Fsp3) is 0.917. The average Bonchev–Trinajstić information content (AvgIpc) is 2.72. The van der Waals surface area contributed by atoms with Crippen LogP contribution in [0.4, 0.5) is 0 Å². The van der Waals surface area contributed by atoms with Gasteiger partial charge in [0, 0.05) is 6.04 Å². The van der Waals surface area contributed by atoms with Crippen LogP contribution in [0.15, 0.2) is 0 Å². The molecule has 0 saturated carbocycles. The van der Waals surface area contributed by atoms with Crippen LogP contribution in [0.2, 0.25) is 0 Å². The molecule has 1 rings (SSSR count). The van der Waals surface area contributed by atoms with Crippen LogP contribution in [0.5, 0.6) is 0 Å². The fourth-order valence-corrected chi connectivity index (χ4v) is 2.26. The minimum atomic E-state index is -0.431. The van der Waals surface area contributed by atoms with E-state index in [0.29, 0.717) is 0 Å². The van der Waals surface area contributed by atoms with Gasteiger partial charge in [0.15, 0.2) is 0 Å². The third-order valence-corrected chi connectivity index (χ3v) is 3.91. The Labute approximate surface area is 97.8 Å². The molecule has 3 N–H and O–H groups in total. The highest BCUT2D eigenvalue weighted by Crippen LogP contribution is 2.19. The molecule has 4 nitrogen and oxygen atoms in total. The minimum absolute atomic E-state index is 0.0142. The molecule has 1 heterocycles. The lowest BCUT2D eigenvalue weighted by atomic mass is 9.91. The van der Waals surface area contributed by atoms with Crippen molar-refractivity contribution in [1.82, 2.24) is 10.6 Å². The van der Waals surface area contributed by atoms with E-state index >= 15 is 0 Å². The van der Waals surface area contributed by atoms with Gasteiger partial charge >= 0.3 is 0 Å². The molecule has 0 bridgehead atoms. The van der Waals surface area contributed by atoms with Crippen molar-refractivity contribution in [3.63, 3.8) is 0 Å². The number of aliphatic hydroxyl groups is 1. The van der Waals surface area contributed by atoms with E-state index in [1.807, 2.05) is 20.8 Å². The first-order valence-corrected chi connectivity index (χ1v) is 6.25. The predicted octanol–water partition coefficient (Wildman–Crippen LogP) is 0.652. The van der Waals surface area contributed by atoms with Gasteiger partial charge in [-0.3, -0.25) is 4.79 Å². The van der Waals surface area contributed by atoms with E-state index in [-0.39, 0.29) is 24.5 Å². The zero-order valence-corrected chi connectivity index (χ0v) is 10.5. The summed E-state index contributed by atoms with van der Waals surface area (Å²) in [4.78, 5) is 12.1. The summed E-state index contributed by atoms with van der Waals surface area (Å²) >= 11 is 0. The molecule has 0 aromatic carbocycles. The molecule has 1 saturated heterocycles. The topological polar surface area (TPSA) is 61.4 Å². The molecular weight excluding hydrogens is 204 g/mol. The largest absolute Gasteiger partial charge is 0.394 e. The van der Waals surface area contributed by atoms with Crippen LogP contribution >= 0.6 is 0 Å². The SMILES string of the molecule is CCC(CC)(CO)NC(=O)C1CCNC1C. The Hall–Kier alpha value is -0.610. The number of carbonyl (C=O) groups excluding carboxylic acids is 1. The van der Waals surface area contributed by atoms with E-state index in [9.17, 15) is 9.90 Å². The first kappa shape index (κ1) is 13.5. The minimum Gasteiger partial charge on any atom is -0.394 e. The number of rotatable bonds is 5. The molecule has 94 valence electrons.